The summed E-state index contributed by atoms with van der Waals surface area (Å²) in [4.78, 5) is 4.17. The lowest BCUT2D eigenvalue weighted by atomic mass is 10.4. The van der Waals surface area contributed by atoms with Gasteiger partial charge in [-0.15, -0.1) is 0 Å². The van der Waals surface area contributed by atoms with Gasteiger partial charge in [0.05, 0.1) is 6.26 Å². The molecule has 10 heavy (non-hydrogen) atoms. The summed E-state index contributed by atoms with van der Waals surface area (Å²) in [7, 11) is 0. The molecule has 0 aromatic carbocycles. The molecule has 0 N–H and O–H groups in total. The molecular formula is C8H11NO. The highest BCUT2D eigenvalue weighted by Crippen LogP contribution is 2.17. The Hall–Kier alpha value is -1.05. The Morgan fingerprint density at radius 2 is 2.50 bits per heavy atom. The highest BCUT2D eigenvalue weighted by molar-refractivity contribution is 5.63. The van der Waals surface area contributed by atoms with Crippen LogP contribution in [0, 0.1) is 6.92 Å². The number of rotatable bonds is 2. The van der Waals surface area contributed by atoms with Gasteiger partial charge in [0.15, 0.2) is 0 Å². The summed E-state index contributed by atoms with van der Waals surface area (Å²) in [6, 6.07) is 1.86. The first-order valence-corrected chi connectivity index (χ1v) is 3.41. The standard InChI is InChI=1S/C8H11NO/c1-3-5-9-8-4-6-10-7(8)2/h4-6H,3H2,1-2H3. The van der Waals surface area contributed by atoms with E-state index in [0.717, 1.165) is 17.9 Å². The second kappa shape index (κ2) is 3.20. The van der Waals surface area contributed by atoms with Gasteiger partial charge in [0.25, 0.3) is 0 Å². The number of aliphatic imine (C=N–C) groups is 1. The second-order valence-electron chi connectivity index (χ2n) is 2.08. The maximum absolute atomic E-state index is 5.05. The Morgan fingerprint density at radius 1 is 1.70 bits per heavy atom. The van der Waals surface area contributed by atoms with Crippen LogP contribution in [0.2, 0.25) is 0 Å². The van der Waals surface area contributed by atoms with E-state index in [4.69, 9.17) is 4.42 Å². The topological polar surface area (TPSA) is 25.5 Å². The maximum Gasteiger partial charge on any atom is 0.126 e. The van der Waals surface area contributed by atoms with Crippen molar-refractivity contribution in [3.8, 4) is 0 Å². The highest BCUT2D eigenvalue weighted by atomic mass is 16.3. The first-order chi connectivity index (χ1) is 4.84. The van der Waals surface area contributed by atoms with E-state index >= 15 is 0 Å². The zero-order chi connectivity index (χ0) is 7.40. The van der Waals surface area contributed by atoms with Crippen LogP contribution in [0.1, 0.15) is 19.1 Å². The van der Waals surface area contributed by atoms with Gasteiger partial charge >= 0.3 is 0 Å². The van der Waals surface area contributed by atoms with Gasteiger partial charge < -0.3 is 4.42 Å². The first-order valence-electron chi connectivity index (χ1n) is 3.41. The largest absolute Gasteiger partial charge is 0.467 e. The van der Waals surface area contributed by atoms with Crippen LogP contribution in [0.3, 0.4) is 0 Å². The van der Waals surface area contributed by atoms with Gasteiger partial charge in [0, 0.05) is 12.3 Å². The summed E-state index contributed by atoms with van der Waals surface area (Å²) in [6.07, 6.45) is 4.49. The summed E-state index contributed by atoms with van der Waals surface area (Å²) in [6.45, 7) is 3.96. The molecule has 0 radical (unpaired) electrons. The zero-order valence-electron chi connectivity index (χ0n) is 6.29. The van der Waals surface area contributed by atoms with Gasteiger partial charge in [-0.2, -0.15) is 0 Å². The van der Waals surface area contributed by atoms with E-state index in [-0.39, 0.29) is 0 Å². The van der Waals surface area contributed by atoms with Gasteiger partial charge in [0.2, 0.25) is 0 Å². The predicted molar refractivity (Wildman–Crippen MR) is 41.9 cm³/mol. The lowest BCUT2D eigenvalue weighted by Gasteiger charge is -1.85. The highest BCUT2D eigenvalue weighted by Gasteiger charge is 1.94. The minimum Gasteiger partial charge on any atom is -0.467 e. The predicted octanol–water partition coefficient (Wildman–Crippen LogP) is 2.70. The van der Waals surface area contributed by atoms with Crippen molar-refractivity contribution in [1.82, 2.24) is 0 Å². The molecule has 0 amide bonds. The maximum atomic E-state index is 5.05. The molecule has 0 atom stereocenters. The van der Waals surface area contributed by atoms with Crippen molar-refractivity contribution in [2.24, 2.45) is 4.99 Å². The number of hydrogen-bond donors (Lipinski definition) is 0. The number of nitrogens with zero attached hydrogens (tertiary/aromatic N) is 1. The number of furan rings is 1. The van der Waals surface area contributed by atoms with E-state index in [1.165, 1.54) is 0 Å². The summed E-state index contributed by atoms with van der Waals surface area (Å²) < 4.78 is 5.05. The molecule has 1 rings (SSSR count). The van der Waals surface area contributed by atoms with Crippen molar-refractivity contribution in [3.63, 3.8) is 0 Å². The molecular weight excluding hydrogens is 126 g/mol. The van der Waals surface area contributed by atoms with Crippen molar-refractivity contribution in [2.75, 3.05) is 0 Å². The van der Waals surface area contributed by atoms with Gasteiger partial charge in [-0.1, -0.05) is 6.92 Å². The molecule has 0 saturated heterocycles. The van der Waals surface area contributed by atoms with Gasteiger partial charge in [-0.25, -0.2) is 0 Å². The third-order valence-electron chi connectivity index (χ3n) is 1.24. The fourth-order valence-corrected chi connectivity index (χ4v) is 0.702. The first kappa shape index (κ1) is 7.06. The molecule has 2 heteroatoms. The van der Waals surface area contributed by atoms with Crippen LogP contribution >= 0.6 is 0 Å². The van der Waals surface area contributed by atoms with Gasteiger partial charge in [-0.3, -0.25) is 4.99 Å². The molecule has 0 fully saturated rings. The Balaban J connectivity index is 2.74. The lowest BCUT2D eigenvalue weighted by molar-refractivity contribution is 0.535. The molecule has 0 aliphatic rings. The molecule has 0 saturated carbocycles. The Labute approximate surface area is 60.6 Å². The smallest absolute Gasteiger partial charge is 0.126 e. The van der Waals surface area contributed by atoms with E-state index in [0.29, 0.717) is 0 Å². The monoisotopic (exact) mass is 137 g/mol. The molecule has 54 valence electrons. The normalized spacial score (nSPS) is 11.0. The number of aryl methyl sites for hydroxylation is 1. The van der Waals surface area contributed by atoms with Crippen LogP contribution in [0.15, 0.2) is 21.7 Å². The molecule has 0 spiro atoms. The fraction of sp³-hybridized carbons (Fsp3) is 0.375. The average Bonchev–Trinajstić information content (AvgIpc) is 2.31. The SMILES string of the molecule is CCC=Nc1ccoc1C. The van der Waals surface area contributed by atoms with Crippen LogP contribution in [0.5, 0.6) is 0 Å². The second-order valence-corrected chi connectivity index (χ2v) is 2.08. The Kier molecular flexibility index (Phi) is 2.26. The van der Waals surface area contributed by atoms with Crippen molar-refractivity contribution < 1.29 is 4.42 Å². The Morgan fingerprint density at radius 3 is 3.00 bits per heavy atom. The number of hydrogen-bond acceptors (Lipinski definition) is 2. The van der Waals surface area contributed by atoms with Gasteiger partial charge in [0.1, 0.15) is 11.4 Å². The fourth-order valence-electron chi connectivity index (χ4n) is 0.702. The molecule has 0 aliphatic heterocycles. The zero-order valence-corrected chi connectivity index (χ0v) is 6.29. The molecule has 1 aromatic rings. The van der Waals surface area contributed by atoms with Crippen molar-refractivity contribution in [3.05, 3.63) is 18.1 Å². The average molecular weight is 137 g/mol. The quantitative estimate of drug-likeness (QED) is 0.575. The van der Waals surface area contributed by atoms with Crippen LogP contribution in [0.25, 0.3) is 0 Å². The van der Waals surface area contributed by atoms with E-state index in [9.17, 15) is 0 Å². The van der Waals surface area contributed by atoms with Crippen molar-refractivity contribution in [1.29, 1.82) is 0 Å². The molecule has 0 aliphatic carbocycles. The summed E-state index contributed by atoms with van der Waals surface area (Å²) in [5.41, 5.74) is 0.932. The van der Waals surface area contributed by atoms with E-state index < -0.39 is 0 Å². The summed E-state index contributed by atoms with van der Waals surface area (Å²) in [5.74, 6) is 0.879. The summed E-state index contributed by atoms with van der Waals surface area (Å²) in [5, 5.41) is 0. The Bertz CT molecular complexity index is 225. The molecule has 0 unspecified atom stereocenters. The van der Waals surface area contributed by atoms with Crippen molar-refractivity contribution >= 4 is 11.9 Å². The minimum absolute atomic E-state index is 0.879. The molecule has 2 nitrogen and oxygen atoms in total. The van der Waals surface area contributed by atoms with Crippen LogP contribution in [-0.2, 0) is 0 Å². The van der Waals surface area contributed by atoms with Crippen molar-refractivity contribution in [2.45, 2.75) is 20.3 Å². The van der Waals surface area contributed by atoms with E-state index in [1.807, 2.05) is 19.2 Å². The van der Waals surface area contributed by atoms with Crippen LogP contribution in [0.4, 0.5) is 5.69 Å². The molecule has 0 bridgehead atoms. The third-order valence-corrected chi connectivity index (χ3v) is 1.24. The van der Waals surface area contributed by atoms with Gasteiger partial charge in [-0.05, 0) is 13.3 Å². The van der Waals surface area contributed by atoms with Crippen LogP contribution < -0.4 is 0 Å². The van der Waals surface area contributed by atoms with E-state index in [1.54, 1.807) is 6.26 Å². The minimum atomic E-state index is 0.879. The third kappa shape index (κ3) is 1.47. The summed E-state index contributed by atoms with van der Waals surface area (Å²) >= 11 is 0. The van der Waals surface area contributed by atoms with Crippen LogP contribution in [-0.4, -0.2) is 6.21 Å². The molecule has 1 heterocycles. The molecule has 1 aromatic heterocycles. The lowest BCUT2D eigenvalue weighted by Crippen LogP contribution is -1.67. The van der Waals surface area contributed by atoms with E-state index in [2.05, 4.69) is 11.9 Å².